The smallest absolute Gasteiger partial charge is 0.274 e. The van der Waals surface area contributed by atoms with Crippen molar-refractivity contribution in [3.63, 3.8) is 0 Å². The van der Waals surface area contributed by atoms with E-state index >= 15 is 0 Å². The predicted molar refractivity (Wildman–Crippen MR) is 107 cm³/mol. The van der Waals surface area contributed by atoms with Crippen LogP contribution in [0.25, 0.3) is 10.2 Å². The van der Waals surface area contributed by atoms with E-state index in [0.29, 0.717) is 42.3 Å². The Labute approximate surface area is 165 Å². The van der Waals surface area contributed by atoms with E-state index in [0.717, 1.165) is 10.2 Å². The van der Waals surface area contributed by atoms with Gasteiger partial charge in [-0.25, -0.2) is 4.98 Å². The Hall–Kier alpha value is -3.00. The molecule has 3 aromatic rings. The number of nitrogens with zero attached hydrogens (tertiary/aromatic N) is 3. The molecule has 1 aliphatic heterocycles. The molecule has 0 N–H and O–H groups in total. The van der Waals surface area contributed by atoms with Crippen molar-refractivity contribution in [3.05, 3.63) is 63.7 Å². The average molecular weight is 397 g/mol. The molecule has 0 atom stereocenters. The topological polar surface area (TPSA) is 85.6 Å². The zero-order valence-electron chi connectivity index (χ0n) is 15.3. The number of aryl methyl sites for hydroxylation is 1. The number of piperidine rings is 1. The van der Waals surface area contributed by atoms with Crippen LogP contribution >= 0.6 is 11.3 Å². The number of rotatable bonds is 4. The average Bonchev–Trinajstić information content (AvgIpc) is 3.10. The first-order valence-corrected chi connectivity index (χ1v) is 9.89. The first-order valence-electron chi connectivity index (χ1n) is 9.08. The minimum Gasteiger partial charge on any atom is -0.467 e. The fourth-order valence-electron chi connectivity index (χ4n) is 3.34. The molecule has 2 heterocycles. The molecule has 1 fully saturated rings. The van der Waals surface area contributed by atoms with Crippen LogP contribution in [0.4, 0.5) is 5.69 Å². The van der Waals surface area contributed by atoms with Crippen LogP contribution in [-0.2, 0) is 0 Å². The van der Waals surface area contributed by atoms with Gasteiger partial charge in [0.1, 0.15) is 6.10 Å². The number of likely N-dealkylation sites (tertiary alicyclic amines) is 1. The predicted octanol–water partition coefficient (Wildman–Crippen LogP) is 4.20. The van der Waals surface area contributed by atoms with Crippen molar-refractivity contribution in [2.24, 2.45) is 0 Å². The summed E-state index contributed by atoms with van der Waals surface area (Å²) in [6, 6.07) is 12.5. The zero-order chi connectivity index (χ0) is 19.7. The fraction of sp³-hybridized carbons (Fsp3) is 0.300. The highest BCUT2D eigenvalue weighted by Crippen LogP contribution is 2.30. The van der Waals surface area contributed by atoms with Crippen LogP contribution < -0.4 is 4.74 Å². The minimum atomic E-state index is -0.454. The molecule has 0 bridgehead atoms. The molecular formula is C20H19N3O4S. The Morgan fingerprint density at radius 1 is 1.25 bits per heavy atom. The Balaban J connectivity index is 1.39. The molecule has 0 saturated carbocycles. The molecule has 7 nitrogen and oxygen atoms in total. The van der Waals surface area contributed by atoms with Crippen molar-refractivity contribution in [1.82, 2.24) is 9.88 Å². The monoisotopic (exact) mass is 397 g/mol. The van der Waals surface area contributed by atoms with Crippen molar-refractivity contribution in [2.45, 2.75) is 25.9 Å². The lowest BCUT2D eigenvalue weighted by atomic mass is 10.0. The first-order chi connectivity index (χ1) is 13.5. The Kier molecular flexibility index (Phi) is 4.95. The van der Waals surface area contributed by atoms with Gasteiger partial charge in [-0.2, -0.15) is 0 Å². The lowest BCUT2D eigenvalue weighted by Gasteiger charge is -2.31. The SMILES string of the molecule is Cc1ccc(C(=O)N2CCC(Oc3nc4ccccc4s3)CC2)cc1[N+](=O)[O-]. The number of nitro benzene ring substituents is 1. The second kappa shape index (κ2) is 7.55. The van der Waals surface area contributed by atoms with Crippen LogP contribution in [0.5, 0.6) is 5.19 Å². The summed E-state index contributed by atoms with van der Waals surface area (Å²) in [5.41, 5.74) is 1.79. The number of benzene rings is 2. The van der Waals surface area contributed by atoms with Crippen LogP contribution in [0.15, 0.2) is 42.5 Å². The first kappa shape index (κ1) is 18.4. The van der Waals surface area contributed by atoms with E-state index < -0.39 is 4.92 Å². The summed E-state index contributed by atoms with van der Waals surface area (Å²) in [6.45, 7) is 2.77. The fourth-order valence-corrected chi connectivity index (χ4v) is 4.22. The van der Waals surface area contributed by atoms with E-state index in [1.54, 1.807) is 24.0 Å². The van der Waals surface area contributed by atoms with Gasteiger partial charge < -0.3 is 9.64 Å². The molecule has 8 heteroatoms. The molecule has 1 saturated heterocycles. The van der Waals surface area contributed by atoms with Gasteiger partial charge in [0.15, 0.2) is 0 Å². The summed E-state index contributed by atoms with van der Waals surface area (Å²) in [6.07, 6.45) is 1.42. The van der Waals surface area contributed by atoms with Crippen LogP contribution in [-0.4, -0.2) is 39.9 Å². The highest BCUT2D eigenvalue weighted by atomic mass is 32.1. The third-order valence-electron chi connectivity index (χ3n) is 4.92. The molecule has 0 unspecified atom stereocenters. The van der Waals surface area contributed by atoms with Crippen LogP contribution in [0.2, 0.25) is 0 Å². The van der Waals surface area contributed by atoms with Crippen LogP contribution in [0, 0.1) is 17.0 Å². The van der Waals surface area contributed by atoms with Gasteiger partial charge in [0.25, 0.3) is 16.8 Å². The number of amides is 1. The van der Waals surface area contributed by atoms with Crippen molar-refractivity contribution in [3.8, 4) is 5.19 Å². The Bertz CT molecular complexity index is 1010. The number of aromatic nitrogens is 1. The molecule has 0 spiro atoms. The number of ether oxygens (including phenoxy) is 1. The number of hydrogen-bond acceptors (Lipinski definition) is 6. The normalized spacial score (nSPS) is 15.0. The van der Waals surface area contributed by atoms with E-state index in [1.807, 2.05) is 24.3 Å². The Morgan fingerprint density at radius 2 is 2.00 bits per heavy atom. The van der Waals surface area contributed by atoms with Crippen molar-refractivity contribution >= 4 is 33.1 Å². The van der Waals surface area contributed by atoms with E-state index in [1.165, 1.54) is 17.4 Å². The minimum absolute atomic E-state index is 0.0111. The van der Waals surface area contributed by atoms with Gasteiger partial charge in [0.05, 0.1) is 15.1 Å². The van der Waals surface area contributed by atoms with E-state index in [4.69, 9.17) is 4.74 Å². The Morgan fingerprint density at radius 3 is 2.71 bits per heavy atom. The summed E-state index contributed by atoms with van der Waals surface area (Å²) in [4.78, 5) is 29.6. The summed E-state index contributed by atoms with van der Waals surface area (Å²) < 4.78 is 7.11. The third-order valence-corrected chi connectivity index (χ3v) is 5.85. The summed E-state index contributed by atoms with van der Waals surface area (Å²) in [5, 5.41) is 11.8. The summed E-state index contributed by atoms with van der Waals surface area (Å²) in [7, 11) is 0. The van der Waals surface area contributed by atoms with Crippen LogP contribution in [0.1, 0.15) is 28.8 Å². The second-order valence-corrected chi connectivity index (χ2v) is 7.81. The molecule has 2 aromatic carbocycles. The lowest BCUT2D eigenvalue weighted by Crippen LogP contribution is -2.41. The quantitative estimate of drug-likeness (QED) is 0.487. The van der Waals surface area contributed by atoms with Gasteiger partial charge in [-0.3, -0.25) is 14.9 Å². The van der Waals surface area contributed by atoms with E-state index in [9.17, 15) is 14.9 Å². The number of hydrogen-bond donors (Lipinski definition) is 0. The highest BCUT2D eigenvalue weighted by Gasteiger charge is 2.26. The molecule has 1 aromatic heterocycles. The van der Waals surface area contributed by atoms with Gasteiger partial charge in [-0.15, -0.1) is 0 Å². The van der Waals surface area contributed by atoms with Gasteiger partial charge in [-0.05, 0) is 25.1 Å². The summed E-state index contributed by atoms with van der Waals surface area (Å²) in [5.74, 6) is -0.179. The van der Waals surface area contributed by atoms with Crippen molar-refractivity contribution < 1.29 is 14.5 Å². The lowest BCUT2D eigenvalue weighted by molar-refractivity contribution is -0.385. The second-order valence-electron chi connectivity index (χ2n) is 6.82. The summed E-state index contributed by atoms with van der Waals surface area (Å²) >= 11 is 1.52. The largest absolute Gasteiger partial charge is 0.467 e. The molecule has 144 valence electrons. The van der Waals surface area contributed by atoms with E-state index in [2.05, 4.69) is 4.98 Å². The third kappa shape index (κ3) is 3.68. The maximum Gasteiger partial charge on any atom is 0.274 e. The number of fused-ring (bicyclic) bond motifs is 1. The van der Waals surface area contributed by atoms with Gasteiger partial charge in [0, 0.05) is 43.1 Å². The van der Waals surface area contributed by atoms with Crippen molar-refractivity contribution in [2.75, 3.05) is 13.1 Å². The number of thiazole rings is 1. The maximum absolute atomic E-state index is 12.7. The standard InChI is InChI=1S/C20H19N3O4S/c1-13-6-7-14(12-17(13)23(25)26)19(24)22-10-8-15(9-11-22)27-20-21-16-4-2-3-5-18(16)28-20/h2-7,12,15H,8-11H2,1H3. The van der Waals surface area contributed by atoms with Gasteiger partial charge in [0.2, 0.25) is 0 Å². The highest BCUT2D eigenvalue weighted by molar-refractivity contribution is 7.20. The molecule has 4 rings (SSSR count). The number of nitro groups is 1. The maximum atomic E-state index is 12.7. The zero-order valence-corrected chi connectivity index (χ0v) is 16.1. The van der Waals surface area contributed by atoms with E-state index in [-0.39, 0.29) is 17.7 Å². The molecule has 1 amide bonds. The molecule has 0 radical (unpaired) electrons. The molecular weight excluding hydrogens is 378 g/mol. The molecule has 1 aliphatic rings. The van der Waals surface area contributed by atoms with Crippen LogP contribution in [0.3, 0.4) is 0 Å². The van der Waals surface area contributed by atoms with Gasteiger partial charge in [-0.1, -0.05) is 29.5 Å². The number of carbonyl (C=O) groups is 1. The molecule has 28 heavy (non-hydrogen) atoms. The van der Waals surface area contributed by atoms with Gasteiger partial charge >= 0.3 is 0 Å². The molecule has 0 aliphatic carbocycles. The number of para-hydroxylation sites is 1. The van der Waals surface area contributed by atoms with Crippen molar-refractivity contribution in [1.29, 1.82) is 0 Å². The number of carbonyl (C=O) groups excluding carboxylic acids is 1.